The van der Waals surface area contributed by atoms with Gasteiger partial charge in [0.05, 0.1) is 0 Å². The maximum Gasteiger partial charge on any atom is 0.0110 e. The summed E-state index contributed by atoms with van der Waals surface area (Å²) in [5.74, 6) is 1.85. The highest BCUT2D eigenvalue weighted by atomic mass is 79.9. The Morgan fingerprint density at radius 3 is 2.27 bits per heavy atom. The fraction of sp³-hybridized carbons (Fsp3) is 1.00. The van der Waals surface area contributed by atoms with Crippen molar-refractivity contribution in [2.75, 3.05) is 44.6 Å². The summed E-state index contributed by atoms with van der Waals surface area (Å²) in [6, 6.07) is 0. The van der Waals surface area contributed by atoms with E-state index in [0.717, 1.165) is 17.2 Å². The first-order valence-corrected chi connectivity index (χ1v) is 7.40. The molecule has 0 N–H and O–H groups in total. The van der Waals surface area contributed by atoms with Gasteiger partial charge >= 0.3 is 0 Å². The summed E-state index contributed by atoms with van der Waals surface area (Å²) in [4.78, 5) is 5.28. The summed E-state index contributed by atoms with van der Waals surface area (Å²) in [7, 11) is 0. The molecule has 3 heteroatoms. The van der Waals surface area contributed by atoms with Gasteiger partial charge in [-0.1, -0.05) is 22.9 Å². The molecule has 1 heterocycles. The van der Waals surface area contributed by atoms with E-state index < -0.39 is 0 Å². The van der Waals surface area contributed by atoms with Crippen LogP contribution in [0.5, 0.6) is 0 Å². The second-order valence-electron chi connectivity index (χ2n) is 5.30. The van der Waals surface area contributed by atoms with E-state index in [9.17, 15) is 0 Å². The van der Waals surface area contributed by atoms with Crippen molar-refractivity contribution in [1.29, 1.82) is 0 Å². The van der Waals surface area contributed by atoms with Crippen molar-refractivity contribution in [2.45, 2.75) is 19.8 Å². The Morgan fingerprint density at radius 2 is 1.73 bits per heavy atom. The molecule has 1 aliphatic heterocycles. The first-order chi connectivity index (χ1) is 7.28. The van der Waals surface area contributed by atoms with Crippen molar-refractivity contribution in [2.24, 2.45) is 11.8 Å². The van der Waals surface area contributed by atoms with Crippen LogP contribution in [0.2, 0.25) is 0 Å². The summed E-state index contributed by atoms with van der Waals surface area (Å²) in [5, 5.41) is 1.13. The molecule has 0 spiro atoms. The molecule has 88 valence electrons. The molecule has 1 atom stereocenters. The Morgan fingerprint density at radius 1 is 1.13 bits per heavy atom. The standard InChI is InChI=1S/C12H23BrN2/c1-11(8-13)9-14-4-6-15(7-5-14)10-12-2-3-12/h11-12H,2-10H2,1H3. The molecule has 0 bridgehead atoms. The largest absolute Gasteiger partial charge is 0.301 e. The van der Waals surface area contributed by atoms with Crippen LogP contribution in [0.25, 0.3) is 0 Å². The van der Waals surface area contributed by atoms with Crippen LogP contribution in [0.3, 0.4) is 0 Å². The van der Waals surface area contributed by atoms with Gasteiger partial charge in [-0.2, -0.15) is 0 Å². The molecule has 0 radical (unpaired) electrons. The van der Waals surface area contributed by atoms with Crippen LogP contribution in [0.15, 0.2) is 0 Å². The quantitative estimate of drug-likeness (QED) is 0.709. The summed E-state index contributed by atoms with van der Waals surface area (Å²) in [6.07, 6.45) is 2.97. The molecule has 1 aliphatic carbocycles. The van der Waals surface area contributed by atoms with Crippen LogP contribution in [0.1, 0.15) is 19.8 Å². The number of hydrogen-bond acceptors (Lipinski definition) is 2. The van der Waals surface area contributed by atoms with Crippen LogP contribution in [-0.4, -0.2) is 54.4 Å². The van der Waals surface area contributed by atoms with Gasteiger partial charge < -0.3 is 9.80 Å². The molecule has 1 saturated heterocycles. The maximum atomic E-state index is 3.56. The van der Waals surface area contributed by atoms with Gasteiger partial charge in [0.1, 0.15) is 0 Å². The second kappa shape index (κ2) is 5.65. The van der Waals surface area contributed by atoms with Crippen molar-refractivity contribution >= 4 is 15.9 Å². The van der Waals surface area contributed by atoms with Gasteiger partial charge in [-0.15, -0.1) is 0 Å². The Hall–Kier alpha value is 0.400. The number of piperazine rings is 1. The molecule has 2 rings (SSSR count). The van der Waals surface area contributed by atoms with E-state index in [0.29, 0.717) is 0 Å². The lowest BCUT2D eigenvalue weighted by molar-refractivity contribution is 0.119. The summed E-state index contributed by atoms with van der Waals surface area (Å²) in [6.45, 7) is 10.1. The monoisotopic (exact) mass is 274 g/mol. The van der Waals surface area contributed by atoms with Crippen LogP contribution in [0.4, 0.5) is 0 Å². The first kappa shape index (κ1) is 11.9. The number of nitrogens with zero attached hydrogens (tertiary/aromatic N) is 2. The predicted molar refractivity (Wildman–Crippen MR) is 68.6 cm³/mol. The van der Waals surface area contributed by atoms with Crippen molar-refractivity contribution in [3.63, 3.8) is 0 Å². The molecular formula is C12H23BrN2. The minimum absolute atomic E-state index is 0.792. The Balaban J connectivity index is 1.62. The van der Waals surface area contributed by atoms with E-state index in [1.54, 1.807) is 0 Å². The minimum atomic E-state index is 0.792. The summed E-state index contributed by atoms with van der Waals surface area (Å²) >= 11 is 3.56. The smallest absolute Gasteiger partial charge is 0.0110 e. The normalized spacial score (nSPS) is 26.8. The number of hydrogen-bond donors (Lipinski definition) is 0. The van der Waals surface area contributed by atoms with Crippen molar-refractivity contribution < 1.29 is 0 Å². The summed E-state index contributed by atoms with van der Waals surface area (Å²) < 4.78 is 0. The SMILES string of the molecule is CC(CBr)CN1CCN(CC2CC2)CC1. The third-order valence-corrected chi connectivity index (χ3v) is 4.62. The average Bonchev–Trinajstić information content (AvgIpc) is 3.05. The zero-order valence-corrected chi connectivity index (χ0v) is 11.4. The van der Waals surface area contributed by atoms with Crippen molar-refractivity contribution in [3.05, 3.63) is 0 Å². The van der Waals surface area contributed by atoms with E-state index in [-0.39, 0.29) is 0 Å². The minimum Gasteiger partial charge on any atom is -0.301 e. The lowest BCUT2D eigenvalue weighted by Gasteiger charge is -2.35. The Kier molecular flexibility index (Phi) is 4.47. The van der Waals surface area contributed by atoms with E-state index >= 15 is 0 Å². The van der Waals surface area contributed by atoms with Gasteiger partial charge in [-0.3, -0.25) is 0 Å². The maximum absolute atomic E-state index is 3.56. The molecule has 0 amide bonds. The number of halogens is 1. The lowest BCUT2D eigenvalue weighted by Crippen LogP contribution is -2.48. The third-order valence-electron chi connectivity index (χ3n) is 3.51. The topological polar surface area (TPSA) is 6.48 Å². The van der Waals surface area contributed by atoms with Crippen molar-refractivity contribution in [3.8, 4) is 0 Å². The molecule has 2 fully saturated rings. The third kappa shape index (κ3) is 4.04. The van der Waals surface area contributed by atoms with Gasteiger partial charge in [0.2, 0.25) is 0 Å². The molecule has 0 aromatic carbocycles. The molecule has 1 unspecified atom stereocenters. The van der Waals surface area contributed by atoms with E-state index in [1.807, 2.05) is 0 Å². The average molecular weight is 275 g/mol. The van der Waals surface area contributed by atoms with E-state index in [2.05, 4.69) is 32.7 Å². The molecule has 2 aliphatic rings. The Labute approximate surface area is 102 Å². The first-order valence-electron chi connectivity index (χ1n) is 6.28. The van der Waals surface area contributed by atoms with Gasteiger partial charge in [0.25, 0.3) is 0 Å². The number of alkyl halides is 1. The highest BCUT2D eigenvalue weighted by molar-refractivity contribution is 9.09. The molecular weight excluding hydrogens is 252 g/mol. The van der Waals surface area contributed by atoms with Crippen molar-refractivity contribution in [1.82, 2.24) is 9.80 Å². The van der Waals surface area contributed by atoms with Crippen LogP contribution in [0, 0.1) is 11.8 Å². The molecule has 0 aromatic heterocycles. The highest BCUT2D eigenvalue weighted by Crippen LogP contribution is 2.29. The van der Waals surface area contributed by atoms with Crippen LogP contribution < -0.4 is 0 Å². The lowest BCUT2D eigenvalue weighted by atomic mass is 10.2. The van der Waals surface area contributed by atoms with Crippen LogP contribution in [-0.2, 0) is 0 Å². The number of rotatable bonds is 5. The molecule has 0 aromatic rings. The fourth-order valence-corrected chi connectivity index (χ4v) is 2.51. The highest BCUT2D eigenvalue weighted by Gasteiger charge is 2.26. The molecule has 1 saturated carbocycles. The molecule has 15 heavy (non-hydrogen) atoms. The van der Waals surface area contributed by atoms with Gasteiger partial charge in [0.15, 0.2) is 0 Å². The zero-order valence-electron chi connectivity index (χ0n) is 9.79. The van der Waals surface area contributed by atoms with E-state index in [1.165, 1.54) is 52.1 Å². The van der Waals surface area contributed by atoms with E-state index in [4.69, 9.17) is 0 Å². The zero-order chi connectivity index (χ0) is 10.7. The fourth-order valence-electron chi connectivity index (χ4n) is 2.31. The van der Waals surface area contributed by atoms with Crippen LogP contribution >= 0.6 is 15.9 Å². The van der Waals surface area contributed by atoms with Gasteiger partial charge in [-0.25, -0.2) is 0 Å². The van der Waals surface area contributed by atoms with Gasteiger partial charge in [-0.05, 0) is 24.7 Å². The summed E-state index contributed by atoms with van der Waals surface area (Å²) in [5.41, 5.74) is 0. The van der Waals surface area contributed by atoms with Gasteiger partial charge in [0, 0.05) is 44.6 Å². The Bertz CT molecular complexity index is 186. The molecule has 2 nitrogen and oxygen atoms in total. The predicted octanol–water partition coefficient (Wildman–Crippen LogP) is 2.04. The second-order valence-corrected chi connectivity index (χ2v) is 5.95.